The van der Waals surface area contributed by atoms with Crippen molar-refractivity contribution in [1.82, 2.24) is 10.2 Å². The molecule has 0 saturated carbocycles. The molecule has 5 N–H and O–H groups in total. The number of likely N-dealkylation sites (N-methyl/N-ethyl adjacent to an activating group) is 1. The second-order valence-electron chi connectivity index (χ2n) is 15.2. The SMILES string of the molecule is C=COC(=O)Cl.CN1CCc2cc(Cl)c(O)cc2[C@H]2c3ccc(NS(C)(=O)=O)cc3CC[C@@H]21.CS(=O)(=O)Nc1ccc2c(c1)CC[C@@H]1NCCc3cc(Cl)c(O)cc3[C@@H]21. The summed E-state index contributed by atoms with van der Waals surface area (Å²) in [5.41, 5.74) is 9.54. The molecule has 0 aromatic heterocycles. The van der Waals surface area contributed by atoms with Gasteiger partial charge in [-0.05, 0) is 145 Å². The number of carbonyl (C=O) groups excluding carboxylic acids is 1. The highest BCUT2D eigenvalue weighted by molar-refractivity contribution is 7.92. The van der Waals surface area contributed by atoms with Crippen molar-refractivity contribution in [2.45, 2.75) is 62.4 Å². The monoisotopic (exact) mass is 904 g/mol. The summed E-state index contributed by atoms with van der Waals surface area (Å²) in [7, 11) is -4.46. The fourth-order valence-electron chi connectivity index (χ4n) is 8.80. The third-order valence-electron chi connectivity index (χ3n) is 11.1. The van der Waals surface area contributed by atoms with E-state index in [1.165, 1.54) is 16.7 Å². The maximum absolute atomic E-state index is 11.6. The van der Waals surface area contributed by atoms with Gasteiger partial charge < -0.3 is 25.2 Å². The first-order valence-electron chi connectivity index (χ1n) is 19.0. The molecule has 0 fully saturated rings. The van der Waals surface area contributed by atoms with Crippen molar-refractivity contribution in [3.05, 3.63) is 128 Å². The molecule has 0 bridgehead atoms. The number of carbonyl (C=O) groups is 1. The predicted molar refractivity (Wildman–Crippen MR) is 235 cm³/mol. The van der Waals surface area contributed by atoms with Crippen LogP contribution in [0.4, 0.5) is 16.2 Å². The van der Waals surface area contributed by atoms with E-state index in [1.807, 2.05) is 54.6 Å². The van der Waals surface area contributed by atoms with Crippen LogP contribution in [0.3, 0.4) is 0 Å². The fraction of sp³-hybridized carbons (Fsp3) is 0.357. The average Bonchev–Trinajstić information content (AvgIpc) is 3.40. The smallest absolute Gasteiger partial charge is 0.408 e. The van der Waals surface area contributed by atoms with E-state index < -0.39 is 25.5 Å². The van der Waals surface area contributed by atoms with E-state index in [1.54, 1.807) is 6.07 Å². The minimum Gasteiger partial charge on any atom is -0.506 e. The zero-order chi connectivity index (χ0) is 42.8. The summed E-state index contributed by atoms with van der Waals surface area (Å²) >= 11 is 16.9. The first-order chi connectivity index (χ1) is 27.8. The van der Waals surface area contributed by atoms with E-state index in [4.69, 9.17) is 23.2 Å². The number of benzene rings is 4. The number of hydrogen-bond acceptors (Lipinski definition) is 10. The molecule has 2 heterocycles. The van der Waals surface area contributed by atoms with Gasteiger partial charge in [0.25, 0.3) is 0 Å². The molecular weight excluding hydrogens is 859 g/mol. The van der Waals surface area contributed by atoms with Crippen LogP contribution >= 0.6 is 34.8 Å². The quantitative estimate of drug-likeness (QED) is 0.0980. The number of nitrogens with zero attached hydrogens (tertiary/aromatic N) is 1. The topological polar surface area (TPSA) is 174 Å². The number of fused-ring (bicyclic) bond motifs is 10. The lowest BCUT2D eigenvalue weighted by atomic mass is 9.74. The van der Waals surface area contributed by atoms with Gasteiger partial charge in [-0.3, -0.25) is 9.44 Å². The van der Waals surface area contributed by atoms with Crippen molar-refractivity contribution in [2.75, 3.05) is 42.1 Å². The number of anilines is 2. The van der Waals surface area contributed by atoms with Crippen molar-refractivity contribution >= 4 is 71.7 Å². The Hall–Kier alpha value is -4.02. The maximum atomic E-state index is 11.6. The summed E-state index contributed by atoms with van der Waals surface area (Å²) in [5.74, 6) is 0.466. The van der Waals surface area contributed by atoms with Crippen LogP contribution in [0.1, 0.15) is 69.2 Å². The summed E-state index contributed by atoms with van der Waals surface area (Å²) in [6, 6.07) is 19.5. The molecule has 0 spiro atoms. The van der Waals surface area contributed by atoms with Crippen LogP contribution < -0.4 is 14.8 Å². The largest absolute Gasteiger partial charge is 0.506 e. The molecule has 2 aliphatic heterocycles. The van der Waals surface area contributed by atoms with E-state index in [-0.39, 0.29) is 29.4 Å². The van der Waals surface area contributed by atoms with E-state index in [0.29, 0.717) is 27.5 Å². The van der Waals surface area contributed by atoms with Gasteiger partial charge in [0.1, 0.15) is 11.5 Å². The lowest BCUT2D eigenvalue weighted by molar-refractivity contribution is 0.212. The number of phenols is 2. The molecule has 0 saturated heterocycles. The Kier molecular flexibility index (Phi) is 13.8. The highest BCUT2D eigenvalue weighted by Crippen LogP contribution is 2.46. The normalized spacial score (nSPS) is 20.6. The van der Waals surface area contributed by atoms with Crippen LogP contribution in [0, 0.1) is 0 Å². The minimum absolute atomic E-state index is 0.105. The van der Waals surface area contributed by atoms with Crippen LogP contribution in [0.15, 0.2) is 73.5 Å². The molecule has 4 aliphatic rings. The number of nitrogens with one attached hydrogen (secondary N) is 3. The molecule has 4 aromatic carbocycles. The van der Waals surface area contributed by atoms with Gasteiger partial charge in [0, 0.05) is 53.4 Å². The molecule has 2 aliphatic carbocycles. The minimum atomic E-state index is -3.31. The molecule has 4 atom stereocenters. The van der Waals surface area contributed by atoms with Gasteiger partial charge in [-0.25, -0.2) is 21.6 Å². The van der Waals surface area contributed by atoms with E-state index in [2.05, 4.69) is 49.6 Å². The Morgan fingerprint density at radius 1 is 0.763 bits per heavy atom. The molecule has 0 radical (unpaired) electrons. The van der Waals surface area contributed by atoms with Gasteiger partial charge in [-0.15, -0.1) is 0 Å². The second-order valence-corrected chi connectivity index (χ2v) is 19.9. The number of phenolic OH excluding ortho intramolecular Hbond substituents is 2. The van der Waals surface area contributed by atoms with Gasteiger partial charge in [0.15, 0.2) is 0 Å². The summed E-state index contributed by atoms with van der Waals surface area (Å²) in [6.45, 7) is 4.89. The number of halogens is 3. The van der Waals surface area contributed by atoms with E-state index >= 15 is 0 Å². The first kappa shape index (κ1) is 44.5. The Balaban J connectivity index is 0.000000175. The zero-order valence-corrected chi connectivity index (χ0v) is 36.7. The number of aromatic hydroxyl groups is 2. The Morgan fingerprint density at radius 2 is 1.25 bits per heavy atom. The van der Waals surface area contributed by atoms with Gasteiger partial charge in [0.2, 0.25) is 20.0 Å². The third kappa shape index (κ3) is 10.8. The Bertz CT molecular complexity index is 2490. The number of sulfonamides is 2. The van der Waals surface area contributed by atoms with Crippen molar-refractivity contribution in [2.24, 2.45) is 0 Å². The molecule has 4 aromatic rings. The number of ether oxygens (including phenoxy) is 1. The molecule has 8 rings (SSSR count). The summed E-state index contributed by atoms with van der Waals surface area (Å²) < 4.78 is 55.2. The number of rotatable bonds is 5. The lowest BCUT2D eigenvalue weighted by Crippen LogP contribution is -2.39. The molecule has 0 unspecified atom stereocenters. The van der Waals surface area contributed by atoms with Crippen LogP contribution in [0.25, 0.3) is 0 Å². The zero-order valence-electron chi connectivity index (χ0n) is 32.8. The number of hydrogen-bond donors (Lipinski definition) is 5. The van der Waals surface area contributed by atoms with Gasteiger partial charge in [-0.2, -0.15) is 0 Å². The van der Waals surface area contributed by atoms with Gasteiger partial charge >= 0.3 is 5.43 Å². The highest BCUT2D eigenvalue weighted by Gasteiger charge is 2.37. The molecule has 316 valence electrons. The summed E-state index contributed by atoms with van der Waals surface area (Å²) in [5, 5.41) is 24.8. The standard InChI is InChI=1S/C20H23ClN2O3S.C19H21ClN2O3S.C3H3ClO2/c1-23-8-7-13-10-17(21)19(24)11-16(13)20-15-5-4-14(22-27(2,25)26)9-12(15)3-6-18(20)23;1-26(24,25)22-13-3-4-14-11(8-13)2-5-17-19(14)15-10-18(23)16(20)9-12(15)6-7-21-17;1-2-6-3(4)5/h4-5,9-11,18,20,22,24H,3,6-8H2,1-2H3;3-4,8-10,17,19,21-23H,2,5-7H2,1H3;2H,1H2/t18-,20+;17-,19+;/m00./s1. The van der Waals surface area contributed by atoms with E-state index in [0.717, 1.165) is 98.2 Å². The second kappa shape index (κ2) is 18.3. The van der Waals surface area contributed by atoms with Gasteiger partial charge in [0.05, 0.1) is 28.8 Å². The summed E-state index contributed by atoms with van der Waals surface area (Å²) in [6.07, 6.45) is 8.77. The molecular formula is C42H47Cl3N4O8S2. The Morgan fingerprint density at radius 3 is 1.76 bits per heavy atom. The number of aryl methyl sites for hydroxylation is 2. The van der Waals surface area contributed by atoms with Crippen molar-refractivity contribution in [3.8, 4) is 11.5 Å². The van der Waals surface area contributed by atoms with Gasteiger partial charge in [-0.1, -0.05) is 41.9 Å². The first-order valence-corrected chi connectivity index (χ1v) is 23.9. The van der Waals surface area contributed by atoms with Crippen LogP contribution in [0.2, 0.25) is 10.0 Å². The van der Waals surface area contributed by atoms with Crippen LogP contribution in [0.5, 0.6) is 11.5 Å². The maximum Gasteiger partial charge on any atom is 0.408 e. The van der Waals surface area contributed by atoms with Crippen molar-refractivity contribution in [3.63, 3.8) is 0 Å². The van der Waals surface area contributed by atoms with Crippen LogP contribution in [-0.4, -0.2) is 82.1 Å². The molecule has 0 amide bonds. The predicted octanol–water partition coefficient (Wildman–Crippen LogP) is 7.87. The highest BCUT2D eigenvalue weighted by atomic mass is 35.5. The van der Waals surface area contributed by atoms with Crippen molar-refractivity contribution in [1.29, 1.82) is 0 Å². The third-order valence-corrected chi connectivity index (χ3v) is 13.1. The fourth-order valence-corrected chi connectivity index (χ4v) is 10.3. The van der Waals surface area contributed by atoms with E-state index in [9.17, 15) is 31.8 Å². The van der Waals surface area contributed by atoms with Crippen molar-refractivity contribution < 1.29 is 36.6 Å². The Labute approximate surface area is 360 Å². The lowest BCUT2D eigenvalue weighted by Gasteiger charge is -2.38. The average molecular weight is 906 g/mol. The molecule has 12 nitrogen and oxygen atoms in total. The van der Waals surface area contributed by atoms with Crippen LogP contribution in [-0.2, 0) is 50.5 Å². The summed E-state index contributed by atoms with van der Waals surface area (Å²) in [4.78, 5) is 11.9. The molecule has 59 heavy (non-hydrogen) atoms. The molecule has 17 heteroatoms.